The molecule has 168 valence electrons. The molecule has 0 unspecified atom stereocenters. The van der Waals surface area contributed by atoms with Gasteiger partial charge in [0, 0.05) is 51.1 Å². The number of nitrogens with one attached hydrogen (secondary N) is 2. The zero-order valence-corrected chi connectivity index (χ0v) is 19.5. The standard InChI is InChI=1S/C24H36N6O/c1-6-25-24(27-19-11-13-30(14-12-19)23(31)17(2)3)26-16-18-15-22(29(4)5)28-21-10-8-7-9-20(18)21/h7-10,15,17,19H,6,11-14,16H2,1-5H3,(H2,25,26,27). The van der Waals surface area contributed by atoms with Crippen LogP contribution in [0.4, 0.5) is 5.82 Å². The summed E-state index contributed by atoms with van der Waals surface area (Å²) < 4.78 is 0. The molecular weight excluding hydrogens is 388 g/mol. The number of amides is 1. The fourth-order valence-electron chi connectivity index (χ4n) is 3.88. The highest BCUT2D eigenvalue weighted by Crippen LogP contribution is 2.23. The second-order valence-electron chi connectivity index (χ2n) is 8.64. The fourth-order valence-corrected chi connectivity index (χ4v) is 3.88. The summed E-state index contributed by atoms with van der Waals surface area (Å²) in [6, 6.07) is 10.7. The molecule has 1 aromatic heterocycles. The minimum absolute atomic E-state index is 0.0608. The molecule has 7 nitrogen and oxygen atoms in total. The maximum absolute atomic E-state index is 12.2. The number of guanidine groups is 1. The van der Waals surface area contributed by atoms with Gasteiger partial charge in [-0.1, -0.05) is 32.0 Å². The third-order valence-electron chi connectivity index (χ3n) is 5.64. The lowest BCUT2D eigenvalue weighted by Crippen LogP contribution is -2.50. The van der Waals surface area contributed by atoms with Gasteiger partial charge in [-0.05, 0) is 37.5 Å². The molecule has 3 rings (SSSR count). The lowest BCUT2D eigenvalue weighted by Gasteiger charge is -2.34. The van der Waals surface area contributed by atoms with Crippen molar-refractivity contribution in [2.45, 2.75) is 46.2 Å². The van der Waals surface area contributed by atoms with Crippen LogP contribution in [0.1, 0.15) is 39.2 Å². The van der Waals surface area contributed by atoms with Gasteiger partial charge in [0.05, 0.1) is 12.1 Å². The van der Waals surface area contributed by atoms with Crippen molar-refractivity contribution >= 4 is 28.6 Å². The van der Waals surface area contributed by atoms with Crippen LogP contribution < -0.4 is 15.5 Å². The van der Waals surface area contributed by atoms with Crippen LogP contribution in [0.3, 0.4) is 0 Å². The maximum Gasteiger partial charge on any atom is 0.225 e. The van der Waals surface area contributed by atoms with Crippen LogP contribution in [-0.4, -0.2) is 61.5 Å². The molecule has 31 heavy (non-hydrogen) atoms. The molecule has 1 aliphatic rings. The molecule has 0 atom stereocenters. The van der Waals surface area contributed by atoms with E-state index in [0.717, 1.165) is 60.7 Å². The molecule has 1 amide bonds. The molecule has 0 saturated carbocycles. The molecular formula is C24H36N6O. The summed E-state index contributed by atoms with van der Waals surface area (Å²) in [4.78, 5) is 25.9. The van der Waals surface area contributed by atoms with Crippen LogP contribution in [0, 0.1) is 5.92 Å². The Bertz CT molecular complexity index is 915. The number of pyridine rings is 1. The number of benzene rings is 1. The summed E-state index contributed by atoms with van der Waals surface area (Å²) in [5.74, 6) is 2.07. The predicted molar refractivity (Wildman–Crippen MR) is 128 cm³/mol. The first kappa shape index (κ1) is 22.8. The van der Waals surface area contributed by atoms with E-state index in [1.165, 1.54) is 0 Å². The zero-order chi connectivity index (χ0) is 22.4. The molecule has 1 aliphatic heterocycles. The number of fused-ring (bicyclic) bond motifs is 1. The van der Waals surface area contributed by atoms with Crippen LogP contribution in [0.15, 0.2) is 35.3 Å². The molecule has 1 fully saturated rings. The van der Waals surface area contributed by atoms with E-state index in [1.807, 2.05) is 55.9 Å². The number of para-hydroxylation sites is 1. The van der Waals surface area contributed by atoms with Gasteiger partial charge in [-0.15, -0.1) is 0 Å². The molecule has 2 aromatic rings. The SMILES string of the molecule is CCNC(=NCc1cc(N(C)C)nc2ccccc12)NC1CCN(C(=O)C(C)C)CC1. The van der Waals surface area contributed by atoms with E-state index in [9.17, 15) is 4.79 Å². The number of aliphatic imine (C=N–C) groups is 1. The molecule has 2 N–H and O–H groups in total. The summed E-state index contributed by atoms with van der Waals surface area (Å²) in [6.07, 6.45) is 1.87. The van der Waals surface area contributed by atoms with Crippen molar-refractivity contribution in [2.75, 3.05) is 38.6 Å². The van der Waals surface area contributed by atoms with E-state index in [4.69, 9.17) is 9.98 Å². The molecule has 0 aliphatic carbocycles. The van der Waals surface area contributed by atoms with Gasteiger partial charge in [0.1, 0.15) is 5.82 Å². The van der Waals surface area contributed by atoms with Gasteiger partial charge in [0.15, 0.2) is 5.96 Å². The number of likely N-dealkylation sites (tertiary alicyclic amines) is 1. The average molecular weight is 425 g/mol. The predicted octanol–water partition coefficient (Wildman–Crippen LogP) is 3.00. The molecule has 0 spiro atoms. The van der Waals surface area contributed by atoms with Crippen molar-refractivity contribution in [3.8, 4) is 0 Å². The van der Waals surface area contributed by atoms with E-state index in [0.29, 0.717) is 12.6 Å². The first-order valence-electron chi connectivity index (χ1n) is 11.3. The van der Waals surface area contributed by atoms with E-state index >= 15 is 0 Å². The monoisotopic (exact) mass is 424 g/mol. The highest BCUT2D eigenvalue weighted by atomic mass is 16.2. The number of nitrogens with zero attached hydrogens (tertiary/aromatic N) is 4. The Morgan fingerprint density at radius 2 is 1.97 bits per heavy atom. The van der Waals surface area contributed by atoms with Crippen LogP contribution in [0.2, 0.25) is 0 Å². The third-order valence-corrected chi connectivity index (χ3v) is 5.64. The fraction of sp³-hybridized carbons (Fsp3) is 0.542. The van der Waals surface area contributed by atoms with Crippen LogP contribution in [0.25, 0.3) is 10.9 Å². The Morgan fingerprint density at radius 1 is 1.26 bits per heavy atom. The quantitative estimate of drug-likeness (QED) is 0.551. The van der Waals surface area contributed by atoms with Gasteiger partial charge in [-0.3, -0.25) is 4.79 Å². The Labute approximate surface area is 185 Å². The molecule has 1 saturated heterocycles. The van der Waals surface area contributed by atoms with Gasteiger partial charge in [0.2, 0.25) is 5.91 Å². The number of aromatic nitrogens is 1. The largest absolute Gasteiger partial charge is 0.363 e. The number of anilines is 1. The highest BCUT2D eigenvalue weighted by Gasteiger charge is 2.24. The van der Waals surface area contributed by atoms with Crippen molar-refractivity contribution in [3.63, 3.8) is 0 Å². The van der Waals surface area contributed by atoms with E-state index in [-0.39, 0.29) is 11.8 Å². The van der Waals surface area contributed by atoms with Crippen molar-refractivity contribution in [2.24, 2.45) is 10.9 Å². The lowest BCUT2D eigenvalue weighted by molar-refractivity contribution is -0.135. The van der Waals surface area contributed by atoms with Crippen LogP contribution in [0.5, 0.6) is 0 Å². The van der Waals surface area contributed by atoms with Crippen molar-refractivity contribution < 1.29 is 4.79 Å². The first-order valence-corrected chi connectivity index (χ1v) is 11.3. The van der Waals surface area contributed by atoms with Crippen LogP contribution in [-0.2, 0) is 11.3 Å². The third kappa shape index (κ3) is 5.87. The molecule has 0 radical (unpaired) electrons. The highest BCUT2D eigenvalue weighted by molar-refractivity contribution is 5.85. The topological polar surface area (TPSA) is 72.9 Å². The lowest BCUT2D eigenvalue weighted by atomic mass is 10.0. The van der Waals surface area contributed by atoms with E-state index in [1.54, 1.807) is 0 Å². The number of piperidine rings is 1. The molecule has 2 heterocycles. The Hall–Kier alpha value is -2.83. The summed E-state index contributed by atoms with van der Waals surface area (Å²) in [7, 11) is 4.01. The summed E-state index contributed by atoms with van der Waals surface area (Å²) in [5.41, 5.74) is 2.14. The Morgan fingerprint density at radius 3 is 2.61 bits per heavy atom. The minimum atomic E-state index is 0.0608. The average Bonchev–Trinajstić information content (AvgIpc) is 2.77. The Balaban J connectivity index is 1.71. The maximum atomic E-state index is 12.2. The van der Waals surface area contributed by atoms with Gasteiger partial charge in [-0.25, -0.2) is 9.98 Å². The summed E-state index contributed by atoms with van der Waals surface area (Å²) in [6.45, 7) is 8.98. The smallest absolute Gasteiger partial charge is 0.225 e. The van der Waals surface area contributed by atoms with E-state index in [2.05, 4.69) is 29.7 Å². The number of rotatable bonds is 6. The summed E-state index contributed by atoms with van der Waals surface area (Å²) >= 11 is 0. The minimum Gasteiger partial charge on any atom is -0.363 e. The van der Waals surface area contributed by atoms with Crippen molar-refractivity contribution in [1.29, 1.82) is 0 Å². The molecule has 0 bridgehead atoms. The second kappa shape index (κ2) is 10.5. The van der Waals surface area contributed by atoms with Crippen molar-refractivity contribution in [1.82, 2.24) is 20.5 Å². The Kier molecular flexibility index (Phi) is 7.71. The number of hydrogen-bond acceptors (Lipinski definition) is 4. The molecule has 1 aromatic carbocycles. The van der Waals surface area contributed by atoms with Gasteiger partial charge in [0.25, 0.3) is 0 Å². The zero-order valence-electron chi connectivity index (χ0n) is 19.5. The van der Waals surface area contributed by atoms with Crippen molar-refractivity contribution in [3.05, 3.63) is 35.9 Å². The van der Waals surface area contributed by atoms with Gasteiger partial charge < -0.3 is 20.4 Å². The van der Waals surface area contributed by atoms with E-state index < -0.39 is 0 Å². The van der Waals surface area contributed by atoms with Gasteiger partial charge in [-0.2, -0.15) is 0 Å². The number of hydrogen-bond donors (Lipinski definition) is 2. The number of carbonyl (C=O) groups is 1. The van der Waals surface area contributed by atoms with Gasteiger partial charge >= 0.3 is 0 Å². The number of carbonyl (C=O) groups excluding carboxylic acids is 1. The second-order valence-corrected chi connectivity index (χ2v) is 8.64. The van der Waals surface area contributed by atoms with Crippen LogP contribution >= 0.6 is 0 Å². The molecule has 7 heteroatoms. The first-order chi connectivity index (χ1) is 14.9. The summed E-state index contributed by atoms with van der Waals surface area (Å²) in [5, 5.41) is 8.08. The normalized spacial score (nSPS) is 15.4.